The highest BCUT2D eigenvalue weighted by Gasteiger charge is 2.29. The van der Waals surface area contributed by atoms with Crippen LogP contribution in [0, 0.1) is 0 Å². The van der Waals surface area contributed by atoms with E-state index in [1.165, 1.54) is 0 Å². The van der Waals surface area contributed by atoms with Gasteiger partial charge in [-0.1, -0.05) is 42.5 Å². The van der Waals surface area contributed by atoms with Crippen LogP contribution in [-0.4, -0.2) is 45.4 Å². The number of piperidine rings is 1. The van der Waals surface area contributed by atoms with Gasteiger partial charge in [-0.05, 0) is 37.5 Å². The van der Waals surface area contributed by atoms with Crippen molar-refractivity contribution in [2.24, 2.45) is 0 Å². The third-order valence-electron chi connectivity index (χ3n) is 5.93. The summed E-state index contributed by atoms with van der Waals surface area (Å²) in [4.78, 5) is 27.7. The molecule has 2 aromatic carbocycles. The van der Waals surface area contributed by atoms with Crippen LogP contribution in [0.15, 0.2) is 59.4 Å². The summed E-state index contributed by atoms with van der Waals surface area (Å²) in [5.74, 6) is 1.56. The Hall–Kier alpha value is -3.35. The third-order valence-corrected chi connectivity index (χ3v) is 5.93. The molecule has 2 heterocycles. The van der Waals surface area contributed by atoms with Gasteiger partial charge >= 0.3 is 5.69 Å². The zero-order valence-corrected chi connectivity index (χ0v) is 18.0. The van der Waals surface area contributed by atoms with Gasteiger partial charge in [0.25, 0.3) is 5.91 Å². The first-order valence-corrected chi connectivity index (χ1v) is 10.8. The predicted octanol–water partition coefficient (Wildman–Crippen LogP) is 3.14. The van der Waals surface area contributed by atoms with Crippen LogP contribution in [0.1, 0.15) is 47.4 Å². The van der Waals surface area contributed by atoms with E-state index < -0.39 is 0 Å². The number of carbonyl (C=O) groups is 1. The molecule has 0 N–H and O–H groups in total. The van der Waals surface area contributed by atoms with Gasteiger partial charge in [-0.3, -0.25) is 9.36 Å². The molecule has 0 bridgehead atoms. The smallest absolute Gasteiger partial charge is 0.346 e. The molecule has 1 aliphatic rings. The number of methoxy groups -OCH3 is 1. The molecule has 0 aliphatic carbocycles. The molecule has 162 valence electrons. The Morgan fingerprint density at radius 1 is 1.06 bits per heavy atom. The zero-order chi connectivity index (χ0) is 21.8. The highest BCUT2D eigenvalue weighted by Crippen LogP contribution is 2.28. The summed E-state index contributed by atoms with van der Waals surface area (Å²) >= 11 is 0. The summed E-state index contributed by atoms with van der Waals surface area (Å²) < 4.78 is 8.67. The van der Waals surface area contributed by atoms with Gasteiger partial charge in [0.15, 0.2) is 0 Å². The Labute approximate surface area is 181 Å². The Bertz CT molecular complexity index is 1100. The Morgan fingerprint density at radius 2 is 1.74 bits per heavy atom. The van der Waals surface area contributed by atoms with E-state index in [1.54, 1.807) is 28.5 Å². The first-order valence-electron chi connectivity index (χ1n) is 10.8. The molecule has 0 spiro atoms. The van der Waals surface area contributed by atoms with Gasteiger partial charge in [-0.2, -0.15) is 5.10 Å². The lowest BCUT2D eigenvalue weighted by molar-refractivity contribution is 0.0706. The van der Waals surface area contributed by atoms with Crippen molar-refractivity contribution >= 4 is 5.91 Å². The summed E-state index contributed by atoms with van der Waals surface area (Å²) in [5, 5.41) is 4.70. The molecule has 1 fully saturated rings. The van der Waals surface area contributed by atoms with Crippen molar-refractivity contribution in [3.8, 4) is 5.75 Å². The normalized spacial score (nSPS) is 14.6. The van der Waals surface area contributed by atoms with Gasteiger partial charge in [-0.15, -0.1) is 0 Å². The van der Waals surface area contributed by atoms with Crippen molar-refractivity contribution in [3.63, 3.8) is 0 Å². The van der Waals surface area contributed by atoms with E-state index in [9.17, 15) is 9.59 Å². The number of likely N-dealkylation sites (tertiary alicyclic amines) is 1. The molecule has 0 atom stereocenters. The first-order chi connectivity index (χ1) is 15.1. The van der Waals surface area contributed by atoms with Crippen molar-refractivity contribution in [1.29, 1.82) is 0 Å². The van der Waals surface area contributed by atoms with Crippen molar-refractivity contribution in [2.75, 3.05) is 20.2 Å². The van der Waals surface area contributed by atoms with Crippen LogP contribution in [0.5, 0.6) is 5.75 Å². The minimum Gasteiger partial charge on any atom is -0.496 e. The molecule has 1 saturated heterocycles. The number of aromatic nitrogens is 3. The number of rotatable bonds is 6. The fourth-order valence-corrected chi connectivity index (χ4v) is 4.25. The molecule has 3 aromatic rings. The van der Waals surface area contributed by atoms with Crippen LogP contribution < -0.4 is 10.4 Å². The SMILES string of the molecule is CCn1c(C2CCN(C(=O)c3ccccc3OC)CC2)nn(Cc2ccccc2)c1=O. The molecule has 1 aliphatic heterocycles. The molecule has 0 unspecified atom stereocenters. The Morgan fingerprint density at radius 3 is 2.42 bits per heavy atom. The van der Waals surface area contributed by atoms with E-state index in [2.05, 4.69) is 0 Å². The van der Waals surface area contributed by atoms with E-state index in [0.29, 0.717) is 37.5 Å². The number of hydrogen-bond donors (Lipinski definition) is 0. The van der Waals surface area contributed by atoms with E-state index in [1.807, 2.05) is 54.3 Å². The number of benzene rings is 2. The average Bonchev–Trinajstić information content (AvgIpc) is 3.14. The lowest BCUT2D eigenvalue weighted by atomic mass is 9.95. The number of ether oxygens (including phenoxy) is 1. The first kappa shape index (κ1) is 20.9. The minimum atomic E-state index is -0.0751. The number of hydrogen-bond acceptors (Lipinski definition) is 4. The fourth-order valence-electron chi connectivity index (χ4n) is 4.25. The van der Waals surface area contributed by atoms with Gasteiger partial charge in [0.1, 0.15) is 11.6 Å². The van der Waals surface area contributed by atoms with Crippen LogP contribution in [-0.2, 0) is 13.1 Å². The van der Waals surface area contributed by atoms with Gasteiger partial charge < -0.3 is 9.64 Å². The number of carbonyl (C=O) groups excluding carboxylic acids is 1. The molecular formula is C24H28N4O3. The van der Waals surface area contributed by atoms with Crippen molar-refractivity contribution < 1.29 is 9.53 Å². The average molecular weight is 421 g/mol. The van der Waals surface area contributed by atoms with E-state index in [4.69, 9.17) is 9.84 Å². The van der Waals surface area contributed by atoms with Crippen LogP contribution in [0.2, 0.25) is 0 Å². The molecule has 7 heteroatoms. The van der Waals surface area contributed by atoms with Crippen molar-refractivity contribution in [2.45, 2.75) is 38.8 Å². The second-order valence-corrected chi connectivity index (χ2v) is 7.80. The van der Waals surface area contributed by atoms with Gasteiger partial charge in [-0.25, -0.2) is 9.48 Å². The molecular weight excluding hydrogens is 392 g/mol. The van der Waals surface area contributed by atoms with Gasteiger partial charge in [0.05, 0.1) is 19.2 Å². The zero-order valence-electron chi connectivity index (χ0n) is 18.0. The van der Waals surface area contributed by atoms with Gasteiger partial charge in [0.2, 0.25) is 0 Å². The second kappa shape index (κ2) is 9.20. The van der Waals surface area contributed by atoms with E-state index >= 15 is 0 Å². The predicted molar refractivity (Wildman–Crippen MR) is 119 cm³/mol. The fraction of sp³-hybridized carbons (Fsp3) is 0.375. The van der Waals surface area contributed by atoms with Crippen molar-refractivity contribution in [3.05, 3.63) is 82.0 Å². The summed E-state index contributed by atoms with van der Waals surface area (Å²) in [6.45, 7) is 4.28. The third kappa shape index (κ3) is 4.26. The quantitative estimate of drug-likeness (QED) is 0.614. The maximum atomic E-state index is 13.0. The van der Waals surface area contributed by atoms with Crippen LogP contribution in [0.3, 0.4) is 0 Å². The molecule has 1 aromatic heterocycles. The van der Waals surface area contributed by atoms with Crippen LogP contribution >= 0.6 is 0 Å². The van der Waals surface area contributed by atoms with E-state index in [-0.39, 0.29) is 17.5 Å². The molecule has 7 nitrogen and oxygen atoms in total. The van der Waals surface area contributed by atoms with Crippen LogP contribution in [0.4, 0.5) is 0 Å². The summed E-state index contributed by atoms with van der Waals surface area (Å²) in [7, 11) is 1.58. The molecule has 0 radical (unpaired) electrons. The highest BCUT2D eigenvalue weighted by atomic mass is 16.5. The Kier molecular flexibility index (Phi) is 6.21. The topological polar surface area (TPSA) is 69.4 Å². The summed E-state index contributed by atoms with van der Waals surface area (Å²) in [6.07, 6.45) is 1.56. The van der Waals surface area contributed by atoms with Gasteiger partial charge in [0, 0.05) is 25.6 Å². The number of nitrogens with zero attached hydrogens (tertiary/aromatic N) is 4. The lowest BCUT2D eigenvalue weighted by Gasteiger charge is -2.32. The van der Waals surface area contributed by atoms with Crippen molar-refractivity contribution in [1.82, 2.24) is 19.2 Å². The lowest BCUT2D eigenvalue weighted by Crippen LogP contribution is -2.38. The number of para-hydroxylation sites is 1. The minimum absolute atomic E-state index is 0.0154. The van der Waals surface area contributed by atoms with Crippen LogP contribution in [0.25, 0.3) is 0 Å². The largest absolute Gasteiger partial charge is 0.496 e. The molecule has 0 saturated carbocycles. The molecule has 31 heavy (non-hydrogen) atoms. The summed E-state index contributed by atoms with van der Waals surface area (Å²) in [6, 6.07) is 17.2. The van der Waals surface area contributed by atoms with E-state index in [0.717, 1.165) is 24.2 Å². The molecule has 4 rings (SSSR count). The second-order valence-electron chi connectivity index (χ2n) is 7.80. The standard InChI is InChI=1S/C24H28N4O3/c1-3-27-22(25-28(24(27)30)17-18-9-5-4-6-10-18)19-13-15-26(16-14-19)23(29)20-11-7-8-12-21(20)31-2/h4-12,19H,3,13-17H2,1-2H3. The monoisotopic (exact) mass is 420 g/mol. The Balaban J connectivity index is 1.49. The highest BCUT2D eigenvalue weighted by molar-refractivity contribution is 5.97. The summed E-state index contributed by atoms with van der Waals surface area (Å²) in [5.41, 5.74) is 1.56. The molecule has 1 amide bonds. The number of amides is 1. The maximum absolute atomic E-state index is 13.0. The maximum Gasteiger partial charge on any atom is 0.346 e.